The lowest BCUT2D eigenvalue weighted by atomic mass is 10.0. The van der Waals surface area contributed by atoms with Gasteiger partial charge < -0.3 is 24.5 Å². The van der Waals surface area contributed by atoms with Crippen molar-refractivity contribution >= 4 is 5.82 Å². The van der Waals surface area contributed by atoms with Crippen LogP contribution in [0.2, 0.25) is 0 Å². The highest BCUT2D eigenvalue weighted by atomic mass is 16.6. The van der Waals surface area contributed by atoms with E-state index in [-0.39, 0.29) is 0 Å². The van der Waals surface area contributed by atoms with E-state index in [1.165, 1.54) is 0 Å². The maximum atomic E-state index is 5.90. The summed E-state index contributed by atoms with van der Waals surface area (Å²) in [6.07, 6.45) is 0.616. The van der Waals surface area contributed by atoms with Gasteiger partial charge in [-0.2, -0.15) is 0 Å². The van der Waals surface area contributed by atoms with E-state index in [1.807, 2.05) is 18.2 Å². The molecule has 1 aliphatic heterocycles. The number of methoxy groups -OCH3 is 1. The summed E-state index contributed by atoms with van der Waals surface area (Å²) in [5, 5.41) is 3.83. The number of hydrogen-bond donors (Lipinski definition) is 1. The predicted molar refractivity (Wildman–Crippen MR) is 72.9 cm³/mol. The molecule has 2 N–H and O–H groups in total. The van der Waals surface area contributed by atoms with Crippen LogP contribution < -0.4 is 15.2 Å². The number of aromatic nitrogens is 1. The fourth-order valence-corrected chi connectivity index (χ4v) is 2.21. The van der Waals surface area contributed by atoms with Crippen molar-refractivity contribution in [2.45, 2.75) is 6.42 Å². The normalized spacial score (nSPS) is 13.4. The minimum atomic E-state index is 0.368. The first-order chi connectivity index (χ1) is 9.79. The zero-order chi connectivity index (χ0) is 13.9. The molecule has 0 radical (unpaired) electrons. The molecule has 1 aromatic carbocycles. The molecule has 0 saturated carbocycles. The highest BCUT2D eigenvalue weighted by molar-refractivity contribution is 5.77. The van der Waals surface area contributed by atoms with Gasteiger partial charge in [0.1, 0.15) is 19.0 Å². The van der Waals surface area contributed by atoms with E-state index in [9.17, 15) is 0 Å². The molecule has 2 aromatic rings. The van der Waals surface area contributed by atoms with Crippen LogP contribution in [-0.2, 0) is 11.2 Å². The largest absolute Gasteiger partial charge is 0.486 e. The van der Waals surface area contributed by atoms with E-state index < -0.39 is 0 Å². The van der Waals surface area contributed by atoms with Crippen LogP contribution in [0.5, 0.6) is 11.5 Å². The Hall–Kier alpha value is -2.21. The molecule has 20 heavy (non-hydrogen) atoms. The standard InChI is InChI=1S/C14H16N2O4/c1-17-5-4-11-13(14(15)16-20-11)9-2-3-10-12(8-9)19-7-6-18-10/h2-3,8H,4-7H2,1H3,(H2,15,16). The van der Waals surface area contributed by atoms with Crippen molar-refractivity contribution in [3.63, 3.8) is 0 Å². The molecule has 0 aliphatic carbocycles. The van der Waals surface area contributed by atoms with Gasteiger partial charge in [-0.25, -0.2) is 0 Å². The van der Waals surface area contributed by atoms with Gasteiger partial charge in [0.25, 0.3) is 0 Å². The van der Waals surface area contributed by atoms with Gasteiger partial charge in [-0.1, -0.05) is 11.2 Å². The third-order valence-corrected chi connectivity index (χ3v) is 3.15. The van der Waals surface area contributed by atoms with Crippen molar-refractivity contribution in [1.82, 2.24) is 5.16 Å². The van der Waals surface area contributed by atoms with Crippen molar-refractivity contribution in [1.29, 1.82) is 0 Å². The average Bonchev–Trinajstić information content (AvgIpc) is 2.85. The molecule has 1 aliphatic rings. The topological polar surface area (TPSA) is 79.7 Å². The highest BCUT2D eigenvalue weighted by Gasteiger charge is 2.19. The van der Waals surface area contributed by atoms with Crippen LogP contribution in [0.3, 0.4) is 0 Å². The van der Waals surface area contributed by atoms with E-state index in [4.69, 9.17) is 24.5 Å². The number of rotatable bonds is 4. The summed E-state index contributed by atoms with van der Waals surface area (Å²) in [7, 11) is 1.64. The van der Waals surface area contributed by atoms with Crippen molar-refractivity contribution in [3.8, 4) is 22.6 Å². The second-order valence-electron chi connectivity index (χ2n) is 4.47. The predicted octanol–water partition coefficient (Wildman–Crippen LogP) is 1.88. The molecule has 106 valence electrons. The number of nitrogens with two attached hydrogens (primary N) is 1. The van der Waals surface area contributed by atoms with Gasteiger partial charge in [-0.15, -0.1) is 0 Å². The van der Waals surface area contributed by atoms with Gasteiger partial charge in [0.15, 0.2) is 17.3 Å². The lowest BCUT2D eigenvalue weighted by Crippen LogP contribution is -2.15. The first-order valence-corrected chi connectivity index (χ1v) is 6.42. The number of ether oxygens (including phenoxy) is 3. The lowest BCUT2D eigenvalue weighted by molar-refractivity contribution is 0.171. The Morgan fingerprint density at radius 1 is 1.25 bits per heavy atom. The first kappa shape index (κ1) is 12.8. The average molecular weight is 276 g/mol. The highest BCUT2D eigenvalue weighted by Crippen LogP contribution is 2.37. The fourth-order valence-electron chi connectivity index (χ4n) is 2.21. The molecular formula is C14H16N2O4. The molecule has 0 fully saturated rings. The summed E-state index contributed by atoms with van der Waals surface area (Å²) in [5.41, 5.74) is 7.60. The molecule has 0 saturated heterocycles. The smallest absolute Gasteiger partial charge is 0.175 e. The second kappa shape index (κ2) is 5.42. The van der Waals surface area contributed by atoms with Crippen molar-refractivity contribution in [2.75, 3.05) is 32.7 Å². The van der Waals surface area contributed by atoms with Gasteiger partial charge in [0.2, 0.25) is 0 Å². The number of hydrogen-bond acceptors (Lipinski definition) is 6. The molecule has 6 heteroatoms. The lowest BCUT2D eigenvalue weighted by Gasteiger charge is -2.18. The SMILES string of the molecule is COCCc1onc(N)c1-c1ccc2c(c1)OCCO2. The number of anilines is 1. The molecule has 3 rings (SSSR count). The quantitative estimate of drug-likeness (QED) is 0.918. The van der Waals surface area contributed by atoms with Gasteiger partial charge in [0.05, 0.1) is 12.2 Å². The summed E-state index contributed by atoms with van der Waals surface area (Å²) < 4.78 is 21.4. The van der Waals surface area contributed by atoms with Crippen molar-refractivity contribution < 1.29 is 18.7 Å². The molecule has 0 bridgehead atoms. The monoisotopic (exact) mass is 276 g/mol. The summed E-state index contributed by atoms with van der Waals surface area (Å²) in [6.45, 7) is 1.67. The summed E-state index contributed by atoms with van der Waals surface area (Å²) in [4.78, 5) is 0. The number of fused-ring (bicyclic) bond motifs is 1. The van der Waals surface area contributed by atoms with Crippen LogP contribution >= 0.6 is 0 Å². The summed E-state index contributed by atoms with van der Waals surface area (Å²) in [5.74, 6) is 2.54. The molecule has 0 amide bonds. The Balaban J connectivity index is 1.98. The zero-order valence-corrected chi connectivity index (χ0v) is 11.2. The Bertz CT molecular complexity index is 609. The van der Waals surface area contributed by atoms with Gasteiger partial charge in [-0.05, 0) is 17.7 Å². The molecule has 1 aromatic heterocycles. The number of nitrogen functional groups attached to an aromatic ring is 1. The molecule has 0 atom stereocenters. The third kappa shape index (κ3) is 2.30. The van der Waals surface area contributed by atoms with Crippen LogP contribution in [0, 0.1) is 0 Å². The summed E-state index contributed by atoms with van der Waals surface area (Å²) >= 11 is 0. The van der Waals surface area contributed by atoms with E-state index in [2.05, 4.69) is 5.16 Å². The van der Waals surface area contributed by atoms with E-state index in [0.29, 0.717) is 43.6 Å². The van der Waals surface area contributed by atoms with Crippen molar-refractivity contribution in [2.24, 2.45) is 0 Å². The Kier molecular flexibility index (Phi) is 3.47. The van der Waals surface area contributed by atoms with E-state index in [0.717, 1.165) is 16.9 Å². The molecule has 0 spiro atoms. The molecule has 6 nitrogen and oxygen atoms in total. The minimum absolute atomic E-state index is 0.368. The Labute approximate surface area is 116 Å². The molecule has 2 heterocycles. The van der Waals surface area contributed by atoms with E-state index >= 15 is 0 Å². The van der Waals surface area contributed by atoms with Crippen molar-refractivity contribution in [3.05, 3.63) is 24.0 Å². The maximum absolute atomic E-state index is 5.90. The molecular weight excluding hydrogens is 260 g/mol. The number of nitrogens with zero attached hydrogens (tertiary/aromatic N) is 1. The third-order valence-electron chi connectivity index (χ3n) is 3.15. The van der Waals surface area contributed by atoms with Crippen LogP contribution in [0.15, 0.2) is 22.7 Å². The Morgan fingerprint density at radius 2 is 2.05 bits per heavy atom. The zero-order valence-electron chi connectivity index (χ0n) is 11.2. The fraction of sp³-hybridized carbons (Fsp3) is 0.357. The van der Waals surface area contributed by atoms with Gasteiger partial charge >= 0.3 is 0 Å². The minimum Gasteiger partial charge on any atom is -0.486 e. The van der Waals surface area contributed by atoms with E-state index in [1.54, 1.807) is 7.11 Å². The van der Waals surface area contributed by atoms with Gasteiger partial charge in [-0.3, -0.25) is 0 Å². The molecule has 0 unspecified atom stereocenters. The first-order valence-electron chi connectivity index (χ1n) is 6.42. The van der Waals surface area contributed by atoms with Crippen LogP contribution in [0.1, 0.15) is 5.76 Å². The van der Waals surface area contributed by atoms with Crippen LogP contribution in [-0.4, -0.2) is 32.1 Å². The van der Waals surface area contributed by atoms with Crippen LogP contribution in [0.4, 0.5) is 5.82 Å². The maximum Gasteiger partial charge on any atom is 0.175 e. The number of benzene rings is 1. The van der Waals surface area contributed by atoms with Crippen LogP contribution in [0.25, 0.3) is 11.1 Å². The second-order valence-corrected chi connectivity index (χ2v) is 4.47. The Morgan fingerprint density at radius 3 is 2.85 bits per heavy atom. The summed E-state index contributed by atoms with van der Waals surface area (Å²) in [6, 6.07) is 5.69. The van der Waals surface area contributed by atoms with Gasteiger partial charge in [0, 0.05) is 13.5 Å².